The summed E-state index contributed by atoms with van der Waals surface area (Å²) < 4.78 is 28.4. The second-order valence-corrected chi connectivity index (χ2v) is 7.58. The van der Waals surface area contributed by atoms with Crippen molar-refractivity contribution < 1.29 is 13.2 Å². The Morgan fingerprint density at radius 3 is 2.33 bits per heavy atom. The van der Waals surface area contributed by atoms with E-state index in [1.165, 1.54) is 0 Å². The van der Waals surface area contributed by atoms with Crippen LogP contribution >= 0.6 is 0 Å². The van der Waals surface area contributed by atoms with Gasteiger partial charge in [-0.25, -0.2) is 0 Å². The van der Waals surface area contributed by atoms with Crippen LogP contribution in [0.25, 0.3) is 0 Å². The summed E-state index contributed by atoms with van der Waals surface area (Å²) >= 11 is 0. The molecule has 0 amide bonds. The molecule has 0 aliphatic carbocycles. The SMILES string of the molecule is CCCNS(=O)(=O)Nc1ccc(C(=O)CN2CCN(C)CC2)cc1. The number of Topliss-reactive ketones (excluding diaryl/α,β-unsaturated/α-hetero) is 1. The average molecular weight is 354 g/mol. The quantitative estimate of drug-likeness (QED) is 0.674. The molecule has 0 aromatic heterocycles. The first-order chi connectivity index (χ1) is 11.4. The lowest BCUT2D eigenvalue weighted by Gasteiger charge is -2.31. The lowest BCUT2D eigenvalue weighted by molar-refractivity contribution is 0.0876. The molecule has 24 heavy (non-hydrogen) atoms. The Balaban J connectivity index is 1.90. The lowest BCUT2D eigenvalue weighted by Crippen LogP contribution is -2.46. The van der Waals surface area contributed by atoms with Crippen LogP contribution in [0.2, 0.25) is 0 Å². The van der Waals surface area contributed by atoms with Gasteiger partial charge in [-0.2, -0.15) is 13.1 Å². The van der Waals surface area contributed by atoms with E-state index in [4.69, 9.17) is 0 Å². The Kier molecular flexibility index (Phi) is 6.73. The van der Waals surface area contributed by atoms with E-state index in [9.17, 15) is 13.2 Å². The fourth-order valence-corrected chi connectivity index (χ4v) is 3.44. The fraction of sp³-hybridized carbons (Fsp3) is 0.562. The predicted octanol–water partition coefficient (Wildman–Crippen LogP) is 0.773. The number of hydrogen-bond acceptors (Lipinski definition) is 5. The Labute approximate surface area is 144 Å². The van der Waals surface area contributed by atoms with Gasteiger partial charge in [0.25, 0.3) is 10.2 Å². The largest absolute Gasteiger partial charge is 0.304 e. The highest BCUT2D eigenvalue weighted by molar-refractivity contribution is 7.90. The Morgan fingerprint density at radius 1 is 1.12 bits per heavy atom. The highest BCUT2D eigenvalue weighted by Gasteiger charge is 2.17. The van der Waals surface area contributed by atoms with Gasteiger partial charge in [0.2, 0.25) is 0 Å². The number of nitrogens with zero attached hydrogens (tertiary/aromatic N) is 2. The van der Waals surface area contributed by atoms with Gasteiger partial charge in [0, 0.05) is 44.0 Å². The first kappa shape index (κ1) is 18.9. The molecule has 1 aliphatic heterocycles. The number of piperazine rings is 1. The van der Waals surface area contributed by atoms with E-state index in [1.54, 1.807) is 24.3 Å². The monoisotopic (exact) mass is 354 g/mol. The molecular formula is C16H26N4O3S. The minimum absolute atomic E-state index is 0.0538. The van der Waals surface area contributed by atoms with Gasteiger partial charge in [-0.3, -0.25) is 14.4 Å². The summed E-state index contributed by atoms with van der Waals surface area (Å²) in [6, 6.07) is 6.55. The summed E-state index contributed by atoms with van der Waals surface area (Å²) in [5.41, 5.74) is 1.04. The van der Waals surface area contributed by atoms with Gasteiger partial charge in [0.15, 0.2) is 5.78 Å². The molecule has 8 heteroatoms. The zero-order valence-electron chi connectivity index (χ0n) is 14.3. The van der Waals surface area contributed by atoms with Crippen LogP contribution < -0.4 is 9.44 Å². The Bertz CT molecular complexity index is 638. The average Bonchev–Trinajstić information content (AvgIpc) is 2.55. The molecule has 0 saturated carbocycles. The summed E-state index contributed by atoms with van der Waals surface area (Å²) in [5.74, 6) is 0.0538. The summed E-state index contributed by atoms with van der Waals surface area (Å²) in [6.45, 7) is 6.40. The summed E-state index contributed by atoms with van der Waals surface area (Å²) in [7, 11) is -1.48. The highest BCUT2D eigenvalue weighted by atomic mass is 32.2. The van der Waals surface area contributed by atoms with Crippen molar-refractivity contribution >= 4 is 21.7 Å². The summed E-state index contributed by atoms with van der Waals surface area (Å²) in [4.78, 5) is 16.7. The van der Waals surface area contributed by atoms with Crippen LogP contribution in [0.15, 0.2) is 24.3 Å². The second-order valence-electron chi connectivity index (χ2n) is 6.08. The number of hydrogen-bond donors (Lipinski definition) is 2. The molecule has 0 atom stereocenters. The van der Waals surface area contributed by atoms with Crippen LogP contribution in [-0.4, -0.2) is 70.3 Å². The molecular weight excluding hydrogens is 328 g/mol. The molecule has 0 bridgehead atoms. The third-order valence-electron chi connectivity index (χ3n) is 3.96. The maximum atomic E-state index is 12.3. The molecule has 1 saturated heterocycles. The lowest BCUT2D eigenvalue weighted by atomic mass is 10.1. The predicted molar refractivity (Wildman–Crippen MR) is 95.5 cm³/mol. The van der Waals surface area contributed by atoms with Crippen LogP contribution in [0, 0.1) is 0 Å². The van der Waals surface area contributed by atoms with Crippen LogP contribution in [-0.2, 0) is 10.2 Å². The Hall–Kier alpha value is -1.48. The van der Waals surface area contributed by atoms with E-state index in [0.717, 1.165) is 32.6 Å². The molecule has 134 valence electrons. The molecule has 0 unspecified atom stereocenters. The van der Waals surface area contributed by atoms with Gasteiger partial charge < -0.3 is 4.90 Å². The topological polar surface area (TPSA) is 81.8 Å². The molecule has 1 fully saturated rings. The van der Waals surface area contributed by atoms with Crippen molar-refractivity contribution in [3.05, 3.63) is 29.8 Å². The van der Waals surface area contributed by atoms with Crippen molar-refractivity contribution in [3.8, 4) is 0 Å². The third-order valence-corrected chi connectivity index (χ3v) is 5.05. The molecule has 1 aliphatic rings. The number of likely N-dealkylation sites (N-methyl/N-ethyl adjacent to an activating group) is 1. The molecule has 2 rings (SSSR count). The minimum atomic E-state index is -3.56. The highest BCUT2D eigenvalue weighted by Crippen LogP contribution is 2.12. The molecule has 1 heterocycles. The molecule has 0 spiro atoms. The first-order valence-corrected chi connectivity index (χ1v) is 9.69. The van der Waals surface area contributed by atoms with E-state index in [1.807, 2.05) is 6.92 Å². The van der Waals surface area contributed by atoms with E-state index >= 15 is 0 Å². The van der Waals surface area contributed by atoms with Crippen molar-refractivity contribution in [2.24, 2.45) is 0 Å². The normalized spacial score (nSPS) is 16.9. The first-order valence-electron chi connectivity index (χ1n) is 8.21. The van der Waals surface area contributed by atoms with E-state index in [0.29, 0.717) is 24.3 Å². The molecule has 1 aromatic carbocycles. The van der Waals surface area contributed by atoms with E-state index in [-0.39, 0.29) is 5.78 Å². The van der Waals surface area contributed by atoms with E-state index < -0.39 is 10.2 Å². The summed E-state index contributed by atoms with van der Waals surface area (Å²) in [6.07, 6.45) is 0.723. The van der Waals surface area contributed by atoms with Gasteiger partial charge >= 0.3 is 0 Å². The summed E-state index contributed by atoms with van der Waals surface area (Å²) in [5, 5.41) is 0. The van der Waals surface area contributed by atoms with Gasteiger partial charge in [-0.1, -0.05) is 6.92 Å². The minimum Gasteiger partial charge on any atom is -0.304 e. The number of rotatable bonds is 8. The fourth-order valence-electron chi connectivity index (χ4n) is 2.45. The van der Waals surface area contributed by atoms with Crippen molar-refractivity contribution in [3.63, 3.8) is 0 Å². The number of carbonyl (C=O) groups excluding carboxylic acids is 1. The number of nitrogens with one attached hydrogen (secondary N) is 2. The Morgan fingerprint density at radius 2 is 1.75 bits per heavy atom. The van der Waals surface area contributed by atoms with Crippen LogP contribution in [0.5, 0.6) is 0 Å². The van der Waals surface area contributed by atoms with Crippen molar-refractivity contribution in [1.82, 2.24) is 14.5 Å². The van der Waals surface area contributed by atoms with E-state index in [2.05, 4.69) is 26.3 Å². The number of ketones is 1. The van der Waals surface area contributed by atoms with Crippen LogP contribution in [0.1, 0.15) is 23.7 Å². The van der Waals surface area contributed by atoms with Crippen LogP contribution in [0.3, 0.4) is 0 Å². The molecule has 0 radical (unpaired) electrons. The van der Waals surface area contributed by atoms with Crippen molar-refractivity contribution in [1.29, 1.82) is 0 Å². The molecule has 1 aromatic rings. The molecule has 7 nitrogen and oxygen atoms in total. The van der Waals surface area contributed by atoms with Gasteiger partial charge in [0.05, 0.1) is 6.54 Å². The zero-order chi connectivity index (χ0) is 17.6. The van der Waals surface area contributed by atoms with Crippen molar-refractivity contribution in [2.45, 2.75) is 13.3 Å². The van der Waals surface area contributed by atoms with Gasteiger partial charge in [-0.05, 0) is 37.7 Å². The van der Waals surface area contributed by atoms with Gasteiger partial charge in [0.1, 0.15) is 0 Å². The van der Waals surface area contributed by atoms with Crippen LogP contribution in [0.4, 0.5) is 5.69 Å². The maximum absolute atomic E-state index is 12.3. The smallest absolute Gasteiger partial charge is 0.299 e. The number of anilines is 1. The third kappa shape index (κ3) is 5.86. The van der Waals surface area contributed by atoms with Crippen molar-refractivity contribution in [2.75, 3.05) is 51.0 Å². The maximum Gasteiger partial charge on any atom is 0.299 e. The van der Waals surface area contributed by atoms with Gasteiger partial charge in [-0.15, -0.1) is 0 Å². The standard InChI is InChI=1S/C16H26N4O3S/c1-3-8-17-24(22,23)18-15-6-4-14(5-7-15)16(21)13-20-11-9-19(2)10-12-20/h4-7,17-18H,3,8-13H2,1-2H3. The molecule has 2 N–H and O–H groups in total. The second kappa shape index (κ2) is 8.57. The number of carbonyl (C=O) groups is 1. The zero-order valence-corrected chi connectivity index (χ0v) is 15.1. The number of benzene rings is 1.